The second-order valence-corrected chi connectivity index (χ2v) is 2.35. The molecule has 0 aromatic carbocycles. The van der Waals surface area contributed by atoms with Crippen LogP contribution in [-0.2, 0) is 15.0 Å². The fourth-order valence-electron chi connectivity index (χ4n) is 0.797. The van der Waals surface area contributed by atoms with Gasteiger partial charge in [-0.2, -0.15) is 0 Å². The lowest BCUT2D eigenvalue weighted by atomic mass is 10.2. The Labute approximate surface area is 70.9 Å². The van der Waals surface area contributed by atoms with Crippen LogP contribution in [0.25, 0.3) is 0 Å². The Hall–Kier alpha value is -0.240. The standard InChI is InChI=1S/C6H15NO5/c1-2-3-4-5-6-7(10-8)11-12-9/h8-9H,2-6H2,1H3. The highest BCUT2D eigenvalue weighted by Crippen LogP contribution is 2.01. The molecular weight excluding hydrogens is 166 g/mol. The first kappa shape index (κ1) is 11.8. The van der Waals surface area contributed by atoms with E-state index >= 15 is 0 Å². The zero-order valence-corrected chi connectivity index (χ0v) is 7.10. The van der Waals surface area contributed by atoms with Gasteiger partial charge in [-0.15, -0.1) is 4.99 Å². The first-order valence-electron chi connectivity index (χ1n) is 3.92. The molecule has 6 heteroatoms. The van der Waals surface area contributed by atoms with Crippen molar-refractivity contribution in [1.82, 2.24) is 5.23 Å². The van der Waals surface area contributed by atoms with Gasteiger partial charge in [-0.3, -0.25) is 0 Å². The smallest absolute Gasteiger partial charge is 0.0579 e. The average molecular weight is 181 g/mol. The molecule has 0 spiro atoms. The third-order valence-electron chi connectivity index (χ3n) is 1.40. The van der Waals surface area contributed by atoms with E-state index in [4.69, 9.17) is 10.5 Å². The molecule has 0 aromatic rings. The lowest BCUT2D eigenvalue weighted by Gasteiger charge is -2.11. The van der Waals surface area contributed by atoms with Gasteiger partial charge < -0.3 is 0 Å². The number of hydrogen-bond acceptors (Lipinski definition) is 6. The van der Waals surface area contributed by atoms with Crippen molar-refractivity contribution in [2.24, 2.45) is 0 Å². The van der Waals surface area contributed by atoms with E-state index in [0.29, 0.717) is 11.8 Å². The summed E-state index contributed by atoms with van der Waals surface area (Å²) in [4.78, 5) is 7.69. The lowest BCUT2D eigenvalue weighted by Crippen LogP contribution is -2.23. The topological polar surface area (TPSA) is 71.4 Å². The maximum Gasteiger partial charge on any atom is 0.0579 e. The van der Waals surface area contributed by atoms with E-state index in [9.17, 15) is 0 Å². The lowest BCUT2D eigenvalue weighted by molar-refractivity contribution is -0.658. The zero-order valence-electron chi connectivity index (χ0n) is 7.10. The van der Waals surface area contributed by atoms with Gasteiger partial charge >= 0.3 is 0 Å². The number of unbranched alkanes of at least 4 members (excludes halogenated alkanes) is 3. The Kier molecular flexibility index (Phi) is 8.68. The second-order valence-electron chi connectivity index (χ2n) is 2.35. The van der Waals surface area contributed by atoms with Crippen LogP contribution in [-0.4, -0.2) is 22.3 Å². The molecule has 2 N–H and O–H groups in total. The van der Waals surface area contributed by atoms with Gasteiger partial charge in [0.05, 0.1) is 6.54 Å². The van der Waals surface area contributed by atoms with Gasteiger partial charge in [0.15, 0.2) is 0 Å². The zero-order chi connectivity index (χ0) is 9.23. The first-order valence-corrected chi connectivity index (χ1v) is 3.92. The molecule has 12 heavy (non-hydrogen) atoms. The summed E-state index contributed by atoms with van der Waals surface area (Å²) in [6.07, 6.45) is 4.03. The predicted octanol–water partition coefficient (Wildman–Crippen LogP) is 1.61. The SMILES string of the molecule is CCCCCCN(OO)OOO. The number of nitrogens with zero attached hydrogens (tertiary/aromatic N) is 1. The molecule has 0 amide bonds. The molecule has 0 bridgehead atoms. The van der Waals surface area contributed by atoms with Crippen LogP contribution in [0.5, 0.6) is 0 Å². The molecular formula is C6H15NO5. The number of hydrogen-bond donors (Lipinski definition) is 2. The Morgan fingerprint density at radius 2 is 1.92 bits per heavy atom. The molecule has 0 radical (unpaired) electrons. The van der Waals surface area contributed by atoms with E-state index in [2.05, 4.69) is 21.9 Å². The Morgan fingerprint density at radius 3 is 2.42 bits per heavy atom. The molecule has 0 fully saturated rings. The monoisotopic (exact) mass is 181 g/mol. The number of rotatable bonds is 8. The molecule has 0 aliphatic rings. The van der Waals surface area contributed by atoms with E-state index < -0.39 is 0 Å². The highest BCUT2D eigenvalue weighted by atomic mass is 17.6. The summed E-state index contributed by atoms with van der Waals surface area (Å²) in [5.74, 6) is 0. The van der Waals surface area contributed by atoms with Crippen LogP contribution < -0.4 is 0 Å². The minimum atomic E-state index is 0.330. The molecule has 0 unspecified atom stereocenters. The van der Waals surface area contributed by atoms with E-state index in [-0.39, 0.29) is 0 Å². The van der Waals surface area contributed by atoms with E-state index in [1.807, 2.05) is 0 Å². The van der Waals surface area contributed by atoms with Crippen LogP contribution >= 0.6 is 0 Å². The minimum Gasteiger partial charge on any atom is -0.231 e. The van der Waals surface area contributed by atoms with Crippen molar-refractivity contribution in [1.29, 1.82) is 0 Å². The van der Waals surface area contributed by atoms with Gasteiger partial charge in [0.1, 0.15) is 0 Å². The summed E-state index contributed by atoms with van der Waals surface area (Å²) < 4.78 is 0. The highest BCUT2D eigenvalue weighted by Gasteiger charge is 2.05. The van der Waals surface area contributed by atoms with Crippen molar-refractivity contribution in [3.05, 3.63) is 0 Å². The van der Waals surface area contributed by atoms with E-state index in [0.717, 1.165) is 25.7 Å². The quantitative estimate of drug-likeness (QED) is 0.337. The van der Waals surface area contributed by atoms with E-state index in [1.54, 1.807) is 0 Å². The number of hydroxylamine groups is 2. The fraction of sp³-hybridized carbons (Fsp3) is 1.00. The summed E-state index contributed by atoms with van der Waals surface area (Å²) in [5, 5.41) is 19.9. The van der Waals surface area contributed by atoms with Crippen molar-refractivity contribution < 1.29 is 25.5 Å². The van der Waals surface area contributed by atoms with Crippen LogP contribution in [0, 0.1) is 0 Å². The molecule has 6 nitrogen and oxygen atoms in total. The van der Waals surface area contributed by atoms with Crippen molar-refractivity contribution >= 4 is 0 Å². The van der Waals surface area contributed by atoms with Crippen molar-refractivity contribution in [2.45, 2.75) is 32.6 Å². The Balaban J connectivity index is 3.19. The minimum absolute atomic E-state index is 0.330. The van der Waals surface area contributed by atoms with Gasteiger partial charge in [0.25, 0.3) is 0 Å². The van der Waals surface area contributed by atoms with Gasteiger partial charge in [0, 0.05) is 5.23 Å². The van der Waals surface area contributed by atoms with Crippen molar-refractivity contribution in [3.8, 4) is 0 Å². The summed E-state index contributed by atoms with van der Waals surface area (Å²) in [6, 6.07) is 0. The fourth-order valence-corrected chi connectivity index (χ4v) is 0.797. The van der Waals surface area contributed by atoms with Gasteiger partial charge in [-0.1, -0.05) is 31.2 Å². The van der Waals surface area contributed by atoms with Crippen LogP contribution in [0.3, 0.4) is 0 Å². The van der Waals surface area contributed by atoms with Gasteiger partial charge in [-0.05, 0) is 11.5 Å². The van der Waals surface area contributed by atoms with Crippen molar-refractivity contribution in [2.75, 3.05) is 6.54 Å². The van der Waals surface area contributed by atoms with Crippen LogP contribution in [0.4, 0.5) is 0 Å². The molecule has 0 aliphatic heterocycles. The van der Waals surface area contributed by atoms with Crippen LogP contribution in [0.2, 0.25) is 0 Å². The summed E-state index contributed by atoms with van der Waals surface area (Å²) in [6.45, 7) is 2.42. The Morgan fingerprint density at radius 1 is 1.17 bits per heavy atom. The Bertz CT molecular complexity index is 92.0. The largest absolute Gasteiger partial charge is 0.231 e. The average Bonchev–Trinajstić information content (AvgIpc) is 2.10. The molecule has 0 saturated carbocycles. The molecule has 0 saturated heterocycles. The molecule has 0 atom stereocenters. The predicted molar refractivity (Wildman–Crippen MR) is 39.4 cm³/mol. The summed E-state index contributed by atoms with van der Waals surface area (Å²) in [7, 11) is 0. The molecule has 0 rings (SSSR count). The molecule has 0 heterocycles. The molecule has 0 aliphatic carbocycles. The first-order chi connectivity index (χ1) is 5.85. The van der Waals surface area contributed by atoms with E-state index in [1.165, 1.54) is 0 Å². The van der Waals surface area contributed by atoms with Gasteiger partial charge in [0.2, 0.25) is 0 Å². The second kappa shape index (κ2) is 8.85. The highest BCUT2D eigenvalue weighted by molar-refractivity contribution is 4.39. The normalized spacial score (nSPS) is 11.0. The van der Waals surface area contributed by atoms with Gasteiger partial charge in [-0.25, -0.2) is 10.5 Å². The van der Waals surface area contributed by atoms with Crippen LogP contribution in [0.15, 0.2) is 0 Å². The molecule has 0 aromatic heterocycles. The third-order valence-corrected chi connectivity index (χ3v) is 1.40. The van der Waals surface area contributed by atoms with Crippen molar-refractivity contribution in [3.63, 3.8) is 0 Å². The van der Waals surface area contributed by atoms with Crippen LogP contribution in [0.1, 0.15) is 32.6 Å². The maximum absolute atomic E-state index is 8.12. The summed E-state index contributed by atoms with van der Waals surface area (Å²) >= 11 is 0. The summed E-state index contributed by atoms with van der Waals surface area (Å²) in [5.41, 5.74) is 0. The maximum atomic E-state index is 8.12. The third kappa shape index (κ3) is 6.47. The molecule has 74 valence electrons.